The highest BCUT2D eigenvalue weighted by molar-refractivity contribution is 6.08. The minimum atomic E-state index is -0.279. The molecule has 0 saturated carbocycles. The van der Waals surface area contributed by atoms with Crippen molar-refractivity contribution in [1.29, 1.82) is 0 Å². The van der Waals surface area contributed by atoms with Crippen LogP contribution in [0.2, 0.25) is 0 Å². The lowest BCUT2D eigenvalue weighted by molar-refractivity contribution is 0.102. The van der Waals surface area contributed by atoms with E-state index in [-0.39, 0.29) is 5.91 Å². The van der Waals surface area contributed by atoms with Gasteiger partial charge in [0, 0.05) is 24.2 Å². The molecule has 1 N–H and O–H groups in total. The molecule has 8 heteroatoms. The maximum Gasteiger partial charge on any atom is 0.259 e. The van der Waals surface area contributed by atoms with Gasteiger partial charge in [-0.25, -0.2) is 9.67 Å². The van der Waals surface area contributed by atoms with E-state index in [4.69, 9.17) is 9.84 Å². The van der Waals surface area contributed by atoms with E-state index in [9.17, 15) is 4.79 Å². The van der Waals surface area contributed by atoms with Crippen molar-refractivity contribution in [2.45, 2.75) is 13.8 Å². The Morgan fingerprint density at radius 1 is 1.03 bits per heavy atom. The first-order valence-electron chi connectivity index (χ1n) is 10.8. The monoisotopic (exact) mass is 452 g/mol. The number of aromatic nitrogens is 5. The molecule has 8 nitrogen and oxygen atoms in total. The van der Waals surface area contributed by atoms with Crippen LogP contribution < -0.4 is 10.1 Å². The molecule has 0 spiro atoms. The molecule has 0 fully saturated rings. The molecule has 170 valence electrons. The number of rotatable bonds is 5. The lowest BCUT2D eigenvalue weighted by Crippen LogP contribution is -2.12. The van der Waals surface area contributed by atoms with E-state index in [2.05, 4.69) is 15.4 Å². The second-order valence-corrected chi connectivity index (χ2v) is 8.16. The van der Waals surface area contributed by atoms with Gasteiger partial charge in [-0.3, -0.25) is 9.48 Å². The van der Waals surface area contributed by atoms with Crippen LogP contribution in [0.4, 0.5) is 5.69 Å². The molecule has 0 saturated heterocycles. The highest BCUT2D eigenvalue weighted by Gasteiger charge is 2.20. The number of nitrogens with one attached hydrogen (secondary N) is 1. The molecule has 0 aliphatic carbocycles. The Labute approximate surface area is 196 Å². The van der Waals surface area contributed by atoms with Crippen LogP contribution in [-0.2, 0) is 7.05 Å². The third-order valence-corrected chi connectivity index (χ3v) is 5.72. The number of amides is 1. The Morgan fingerprint density at radius 2 is 1.82 bits per heavy atom. The van der Waals surface area contributed by atoms with Crippen LogP contribution >= 0.6 is 0 Å². The van der Waals surface area contributed by atoms with Crippen molar-refractivity contribution in [3.63, 3.8) is 0 Å². The molecule has 0 aliphatic heterocycles. The van der Waals surface area contributed by atoms with E-state index in [1.165, 1.54) is 0 Å². The number of anilines is 1. The first kappa shape index (κ1) is 21.4. The van der Waals surface area contributed by atoms with Crippen molar-refractivity contribution >= 4 is 22.6 Å². The Hall–Kier alpha value is -4.46. The van der Waals surface area contributed by atoms with Gasteiger partial charge >= 0.3 is 0 Å². The normalized spacial score (nSPS) is 11.1. The number of pyridine rings is 1. The summed E-state index contributed by atoms with van der Waals surface area (Å²) >= 11 is 0. The maximum absolute atomic E-state index is 13.4. The molecular weight excluding hydrogens is 428 g/mol. The van der Waals surface area contributed by atoms with E-state index in [0.29, 0.717) is 22.7 Å². The van der Waals surface area contributed by atoms with Crippen molar-refractivity contribution in [1.82, 2.24) is 24.5 Å². The zero-order valence-corrected chi connectivity index (χ0v) is 19.4. The van der Waals surface area contributed by atoms with Gasteiger partial charge in [0.1, 0.15) is 11.4 Å². The standard InChI is InChI=1S/C26H24N6O2/c1-16-8-10-20(11-9-16)32-15-23(24(30-32)18-6-5-7-21(12-18)34-4)26(33)28-19-13-22-17(2)29-31(3)25(22)27-14-19/h5-15H,1-4H3,(H,28,33). The van der Waals surface area contributed by atoms with Crippen LogP contribution in [-0.4, -0.2) is 37.6 Å². The third kappa shape index (κ3) is 3.90. The highest BCUT2D eigenvalue weighted by Crippen LogP contribution is 2.28. The topological polar surface area (TPSA) is 86.9 Å². The van der Waals surface area contributed by atoms with Crippen LogP contribution in [0.15, 0.2) is 67.0 Å². The van der Waals surface area contributed by atoms with Gasteiger partial charge < -0.3 is 10.1 Å². The summed E-state index contributed by atoms with van der Waals surface area (Å²) in [7, 11) is 3.46. The number of ether oxygens (including phenoxy) is 1. The molecule has 34 heavy (non-hydrogen) atoms. The van der Waals surface area contributed by atoms with Crippen molar-refractivity contribution in [3.05, 3.63) is 83.8 Å². The molecule has 0 aliphatic rings. The molecule has 5 aromatic rings. The molecule has 0 unspecified atom stereocenters. The predicted molar refractivity (Wildman–Crippen MR) is 131 cm³/mol. The number of aryl methyl sites for hydroxylation is 3. The van der Waals surface area contributed by atoms with Crippen LogP contribution in [0.25, 0.3) is 28.0 Å². The van der Waals surface area contributed by atoms with Crippen LogP contribution in [0.3, 0.4) is 0 Å². The lowest BCUT2D eigenvalue weighted by atomic mass is 10.1. The Morgan fingerprint density at radius 3 is 2.59 bits per heavy atom. The minimum absolute atomic E-state index is 0.279. The van der Waals surface area contributed by atoms with E-state index < -0.39 is 0 Å². The fourth-order valence-electron chi connectivity index (χ4n) is 3.93. The van der Waals surface area contributed by atoms with E-state index >= 15 is 0 Å². The van der Waals surface area contributed by atoms with Gasteiger partial charge in [-0.1, -0.05) is 29.8 Å². The van der Waals surface area contributed by atoms with E-state index in [0.717, 1.165) is 33.5 Å². The second kappa shape index (κ2) is 8.47. The Balaban J connectivity index is 1.56. The number of fused-ring (bicyclic) bond motifs is 1. The lowest BCUT2D eigenvalue weighted by Gasteiger charge is -2.07. The van der Waals surface area contributed by atoms with Gasteiger partial charge in [-0.05, 0) is 44.2 Å². The van der Waals surface area contributed by atoms with Crippen molar-refractivity contribution in [2.24, 2.45) is 7.05 Å². The van der Waals surface area contributed by atoms with Crippen LogP contribution in [0.1, 0.15) is 21.6 Å². The van der Waals surface area contributed by atoms with Crippen molar-refractivity contribution < 1.29 is 9.53 Å². The molecule has 2 aromatic carbocycles. The summed E-state index contributed by atoms with van der Waals surface area (Å²) in [5.74, 6) is 0.411. The Bertz CT molecular complexity index is 1510. The Kier molecular flexibility index (Phi) is 5.33. The van der Waals surface area contributed by atoms with Gasteiger partial charge in [0.05, 0.1) is 35.9 Å². The first-order chi connectivity index (χ1) is 16.4. The fraction of sp³-hybridized carbons (Fsp3) is 0.154. The molecule has 0 radical (unpaired) electrons. The summed E-state index contributed by atoms with van der Waals surface area (Å²) in [5.41, 5.74) is 6.00. The number of carbonyl (C=O) groups is 1. The SMILES string of the molecule is COc1cccc(-c2nn(-c3ccc(C)cc3)cc2C(=O)Nc2cnc3c(c2)c(C)nn3C)c1. The highest BCUT2D eigenvalue weighted by atomic mass is 16.5. The average molecular weight is 453 g/mol. The average Bonchev–Trinajstić information content (AvgIpc) is 3.41. The molecule has 3 heterocycles. The zero-order valence-electron chi connectivity index (χ0n) is 19.4. The zero-order chi connectivity index (χ0) is 23.8. The number of carbonyl (C=O) groups excluding carboxylic acids is 1. The maximum atomic E-state index is 13.4. The number of nitrogens with zero attached hydrogens (tertiary/aromatic N) is 5. The molecule has 0 atom stereocenters. The van der Waals surface area contributed by atoms with E-state index in [1.807, 2.05) is 75.5 Å². The number of benzene rings is 2. The summed E-state index contributed by atoms with van der Waals surface area (Å²) in [5, 5.41) is 13.0. The van der Waals surface area contributed by atoms with Gasteiger partial charge in [0.25, 0.3) is 5.91 Å². The minimum Gasteiger partial charge on any atom is -0.497 e. The van der Waals surface area contributed by atoms with Gasteiger partial charge in [0.15, 0.2) is 5.65 Å². The van der Waals surface area contributed by atoms with Crippen LogP contribution in [0.5, 0.6) is 5.75 Å². The number of methoxy groups -OCH3 is 1. The molecular formula is C26H24N6O2. The quantitative estimate of drug-likeness (QED) is 0.418. The molecule has 3 aromatic heterocycles. The van der Waals surface area contributed by atoms with Gasteiger partial charge in [0.2, 0.25) is 0 Å². The molecule has 1 amide bonds. The summed E-state index contributed by atoms with van der Waals surface area (Å²) in [6.45, 7) is 3.95. The van der Waals surface area contributed by atoms with Crippen LogP contribution in [0, 0.1) is 13.8 Å². The summed E-state index contributed by atoms with van der Waals surface area (Å²) in [4.78, 5) is 17.9. The smallest absolute Gasteiger partial charge is 0.259 e. The molecule has 0 bridgehead atoms. The summed E-state index contributed by atoms with van der Waals surface area (Å²) < 4.78 is 8.82. The fourth-order valence-corrected chi connectivity index (χ4v) is 3.93. The molecule has 5 rings (SSSR count). The summed E-state index contributed by atoms with van der Waals surface area (Å²) in [6.07, 6.45) is 3.38. The number of hydrogen-bond acceptors (Lipinski definition) is 5. The third-order valence-electron chi connectivity index (χ3n) is 5.72. The first-order valence-corrected chi connectivity index (χ1v) is 10.8. The second-order valence-electron chi connectivity index (χ2n) is 8.16. The van der Waals surface area contributed by atoms with Gasteiger partial charge in [-0.15, -0.1) is 0 Å². The number of hydrogen-bond donors (Lipinski definition) is 1. The van der Waals surface area contributed by atoms with E-state index in [1.54, 1.807) is 28.9 Å². The van der Waals surface area contributed by atoms with Gasteiger partial charge in [-0.2, -0.15) is 10.2 Å². The predicted octanol–water partition coefficient (Wildman–Crippen LogP) is 4.70. The van der Waals surface area contributed by atoms with Crippen molar-refractivity contribution in [3.8, 4) is 22.7 Å². The summed E-state index contributed by atoms with van der Waals surface area (Å²) in [6, 6.07) is 17.4. The van der Waals surface area contributed by atoms with Crippen molar-refractivity contribution in [2.75, 3.05) is 12.4 Å². The largest absolute Gasteiger partial charge is 0.497 e.